The highest BCUT2D eigenvalue weighted by atomic mass is 16.5. The first-order valence-corrected chi connectivity index (χ1v) is 4.09. The Bertz CT molecular complexity index is 276. The number of rotatable bonds is 4. The average Bonchev–Trinajstić information content (AvgIpc) is 2.16. The molecule has 0 aliphatic carbocycles. The van der Waals surface area contributed by atoms with Crippen LogP contribution in [0.1, 0.15) is 11.4 Å². The van der Waals surface area contributed by atoms with Gasteiger partial charge in [-0.3, -0.25) is 4.98 Å². The molecule has 0 radical (unpaired) electrons. The van der Waals surface area contributed by atoms with Crippen molar-refractivity contribution in [3.8, 4) is 5.75 Å². The number of aliphatic hydroxyl groups excluding tert-OH is 2. The minimum absolute atomic E-state index is 0.0429. The predicted octanol–water partition coefficient (Wildman–Crippen LogP) is 0.253. The van der Waals surface area contributed by atoms with Crippen molar-refractivity contribution in [2.75, 3.05) is 13.2 Å². The first-order chi connectivity index (χ1) is 6.27. The van der Waals surface area contributed by atoms with Gasteiger partial charge in [0.05, 0.1) is 13.2 Å². The zero-order valence-corrected chi connectivity index (χ0v) is 7.53. The van der Waals surface area contributed by atoms with Gasteiger partial charge in [0.1, 0.15) is 18.1 Å². The Morgan fingerprint density at radius 2 is 2.15 bits per heavy atom. The van der Waals surface area contributed by atoms with Crippen molar-refractivity contribution in [1.82, 2.24) is 4.98 Å². The number of ether oxygens (including phenoxy) is 1. The summed E-state index contributed by atoms with van der Waals surface area (Å²) in [6.45, 7) is 1.87. The van der Waals surface area contributed by atoms with Gasteiger partial charge in [0.15, 0.2) is 0 Å². The zero-order chi connectivity index (χ0) is 9.68. The van der Waals surface area contributed by atoms with Crippen LogP contribution in [0.5, 0.6) is 5.75 Å². The Labute approximate surface area is 76.8 Å². The molecule has 2 N–H and O–H groups in total. The highest BCUT2D eigenvalue weighted by Crippen LogP contribution is 2.16. The fraction of sp³-hybridized carbons (Fsp3) is 0.444. The van der Waals surface area contributed by atoms with Gasteiger partial charge in [-0.05, 0) is 19.1 Å². The number of pyridine rings is 1. The van der Waals surface area contributed by atoms with Gasteiger partial charge in [-0.15, -0.1) is 0 Å². The molecule has 0 aromatic carbocycles. The molecule has 0 fully saturated rings. The summed E-state index contributed by atoms with van der Waals surface area (Å²) in [5.74, 6) is 0.530. The third-order valence-corrected chi connectivity index (χ3v) is 1.57. The molecule has 1 aromatic rings. The summed E-state index contributed by atoms with van der Waals surface area (Å²) in [7, 11) is 0. The third kappa shape index (κ3) is 2.68. The normalized spacial score (nSPS) is 10.1. The van der Waals surface area contributed by atoms with E-state index in [9.17, 15) is 0 Å². The molecule has 0 aliphatic heterocycles. The third-order valence-electron chi connectivity index (χ3n) is 1.57. The molecule has 1 aromatic heterocycles. The van der Waals surface area contributed by atoms with Crippen molar-refractivity contribution in [3.63, 3.8) is 0 Å². The monoisotopic (exact) mass is 183 g/mol. The van der Waals surface area contributed by atoms with E-state index in [1.165, 1.54) is 0 Å². The van der Waals surface area contributed by atoms with E-state index in [1.54, 1.807) is 12.1 Å². The van der Waals surface area contributed by atoms with Crippen LogP contribution < -0.4 is 4.74 Å². The number of hydrogen-bond donors (Lipinski definition) is 2. The van der Waals surface area contributed by atoms with Gasteiger partial charge in [0.25, 0.3) is 0 Å². The molecular formula is C9H13NO3. The topological polar surface area (TPSA) is 62.6 Å². The number of hydrogen-bond acceptors (Lipinski definition) is 4. The van der Waals surface area contributed by atoms with Crippen LogP contribution in [-0.4, -0.2) is 28.4 Å². The van der Waals surface area contributed by atoms with Crippen LogP contribution in [0.25, 0.3) is 0 Å². The SMILES string of the molecule is Cc1ccc(OCCO)c(CO)n1. The Morgan fingerprint density at radius 1 is 1.38 bits per heavy atom. The van der Waals surface area contributed by atoms with Crippen LogP contribution >= 0.6 is 0 Å². The fourth-order valence-corrected chi connectivity index (χ4v) is 0.998. The van der Waals surface area contributed by atoms with Crippen molar-refractivity contribution in [2.24, 2.45) is 0 Å². The summed E-state index contributed by atoms with van der Waals surface area (Å²) < 4.78 is 5.16. The summed E-state index contributed by atoms with van der Waals surface area (Å²) in [5.41, 5.74) is 1.34. The van der Waals surface area contributed by atoms with Gasteiger partial charge in [-0.25, -0.2) is 0 Å². The summed E-state index contributed by atoms with van der Waals surface area (Å²) in [4.78, 5) is 4.09. The maximum absolute atomic E-state index is 8.94. The molecule has 0 atom stereocenters. The first-order valence-electron chi connectivity index (χ1n) is 4.09. The molecular weight excluding hydrogens is 170 g/mol. The van der Waals surface area contributed by atoms with E-state index in [0.29, 0.717) is 11.4 Å². The molecule has 4 heteroatoms. The van der Waals surface area contributed by atoms with Gasteiger partial charge in [0, 0.05) is 5.69 Å². The summed E-state index contributed by atoms with van der Waals surface area (Å²) in [5, 5.41) is 17.5. The quantitative estimate of drug-likeness (QED) is 0.702. The van der Waals surface area contributed by atoms with Crippen molar-refractivity contribution in [2.45, 2.75) is 13.5 Å². The number of aliphatic hydroxyl groups is 2. The standard InChI is InChI=1S/C9H13NO3/c1-7-2-3-9(13-5-4-11)8(6-12)10-7/h2-3,11-12H,4-6H2,1H3. The lowest BCUT2D eigenvalue weighted by Crippen LogP contribution is -2.05. The van der Waals surface area contributed by atoms with Crippen LogP contribution in [0.3, 0.4) is 0 Å². The summed E-state index contributed by atoms with van der Waals surface area (Å²) in [6, 6.07) is 3.54. The molecule has 1 heterocycles. The van der Waals surface area contributed by atoms with E-state index < -0.39 is 0 Å². The van der Waals surface area contributed by atoms with Crippen molar-refractivity contribution >= 4 is 0 Å². The Balaban J connectivity index is 2.79. The largest absolute Gasteiger partial charge is 0.489 e. The van der Waals surface area contributed by atoms with Crippen molar-refractivity contribution < 1.29 is 14.9 Å². The van der Waals surface area contributed by atoms with E-state index in [0.717, 1.165) is 5.69 Å². The van der Waals surface area contributed by atoms with Crippen molar-refractivity contribution in [3.05, 3.63) is 23.5 Å². The molecule has 0 unspecified atom stereocenters. The second-order valence-electron chi connectivity index (χ2n) is 2.63. The highest BCUT2D eigenvalue weighted by Gasteiger charge is 2.03. The van der Waals surface area contributed by atoms with Crippen LogP contribution in [0, 0.1) is 6.92 Å². The van der Waals surface area contributed by atoms with Gasteiger partial charge >= 0.3 is 0 Å². The van der Waals surface area contributed by atoms with Gasteiger partial charge < -0.3 is 14.9 Å². The lowest BCUT2D eigenvalue weighted by molar-refractivity contribution is 0.194. The summed E-state index contributed by atoms with van der Waals surface area (Å²) in [6.07, 6.45) is 0. The molecule has 13 heavy (non-hydrogen) atoms. The lowest BCUT2D eigenvalue weighted by atomic mass is 10.3. The Hall–Kier alpha value is -1.13. The number of aromatic nitrogens is 1. The molecule has 1 rings (SSSR count). The van der Waals surface area contributed by atoms with E-state index in [1.807, 2.05) is 6.92 Å². The molecule has 0 spiro atoms. The zero-order valence-electron chi connectivity index (χ0n) is 7.53. The molecule has 72 valence electrons. The van der Waals surface area contributed by atoms with Crippen molar-refractivity contribution in [1.29, 1.82) is 0 Å². The van der Waals surface area contributed by atoms with E-state index in [2.05, 4.69) is 4.98 Å². The Morgan fingerprint density at radius 3 is 2.77 bits per heavy atom. The summed E-state index contributed by atoms with van der Waals surface area (Å²) >= 11 is 0. The maximum Gasteiger partial charge on any atom is 0.143 e. The minimum atomic E-state index is -0.150. The number of aryl methyl sites for hydroxylation is 1. The Kier molecular flexibility index (Phi) is 3.67. The fourth-order valence-electron chi connectivity index (χ4n) is 0.998. The molecule has 0 saturated heterocycles. The molecule has 0 amide bonds. The molecule has 0 bridgehead atoms. The molecule has 0 aliphatic rings. The van der Waals surface area contributed by atoms with Crippen LogP contribution in [0.2, 0.25) is 0 Å². The highest BCUT2D eigenvalue weighted by molar-refractivity contribution is 5.28. The van der Waals surface area contributed by atoms with Crippen LogP contribution in [-0.2, 0) is 6.61 Å². The predicted molar refractivity (Wildman–Crippen MR) is 47.5 cm³/mol. The second-order valence-corrected chi connectivity index (χ2v) is 2.63. The van der Waals surface area contributed by atoms with E-state index in [-0.39, 0.29) is 19.8 Å². The average molecular weight is 183 g/mol. The van der Waals surface area contributed by atoms with Crippen LogP contribution in [0.15, 0.2) is 12.1 Å². The maximum atomic E-state index is 8.94. The second kappa shape index (κ2) is 4.79. The van der Waals surface area contributed by atoms with E-state index in [4.69, 9.17) is 14.9 Å². The lowest BCUT2D eigenvalue weighted by Gasteiger charge is -2.08. The van der Waals surface area contributed by atoms with E-state index >= 15 is 0 Å². The van der Waals surface area contributed by atoms with Gasteiger partial charge in [-0.2, -0.15) is 0 Å². The smallest absolute Gasteiger partial charge is 0.143 e. The van der Waals surface area contributed by atoms with Gasteiger partial charge in [0.2, 0.25) is 0 Å². The number of nitrogens with zero attached hydrogens (tertiary/aromatic N) is 1. The molecule has 0 saturated carbocycles. The van der Waals surface area contributed by atoms with Crippen LogP contribution in [0.4, 0.5) is 0 Å². The minimum Gasteiger partial charge on any atom is -0.489 e. The first kappa shape index (κ1) is 9.95. The van der Waals surface area contributed by atoms with Gasteiger partial charge in [-0.1, -0.05) is 0 Å². The molecule has 4 nitrogen and oxygen atoms in total.